The first-order valence-electron chi connectivity index (χ1n) is 6.53. The molecule has 0 radical (unpaired) electrons. The molecule has 3 nitrogen and oxygen atoms in total. The van der Waals surface area contributed by atoms with Gasteiger partial charge in [0.05, 0.1) is 0 Å². The summed E-state index contributed by atoms with van der Waals surface area (Å²) in [5, 5.41) is 0. The molecule has 0 spiro atoms. The summed E-state index contributed by atoms with van der Waals surface area (Å²) in [6, 6.07) is 1.98. The minimum atomic E-state index is -3.06. The predicted molar refractivity (Wildman–Crippen MR) is 70.7 cm³/mol. The van der Waals surface area contributed by atoms with Gasteiger partial charge in [-0.2, -0.15) is 0 Å². The monoisotopic (exact) mass is 308 g/mol. The summed E-state index contributed by atoms with van der Waals surface area (Å²) in [5.74, 6) is -3.94. The normalized spacial score (nSPS) is 11.9. The highest BCUT2D eigenvalue weighted by molar-refractivity contribution is 6.60. The second-order valence-electron chi connectivity index (χ2n) is 4.03. The summed E-state index contributed by atoms with van der Waals surface area (Å²) < 4.78 is 56.2. The third kappa shape index (κ3) is 4.31. The lowest BCUT2D eigenvalue weighted by atomic mass is 10.2. The topological polar surface area (TPSA) is 27.7 Å². The molecule has 0 aliphatic heterocycles. The van der Waals surface area contributed by atoms with Gasteiger partial charge in [0.25, 0.3) is 0 Å². The van der Waals surface area contributed by atoms with Gasteiger partial charge >= 0.3 is 8.80 Å². The summed E-state index contributed by atoms with van der Waals surface area (Å²) in [6.07, 6.45) is 0. The lowest BCUT2D eigenvalue weighted by molar-refractivity contribution is 0.0703. The van der Waals surface area contributed by atoms with E-state index in [9.17, 15) is 13.2 Å². The quantitative estimate of drug-likeness (QED) is 0.545. The molecule has 0 aliphatic carbocycles. The van der Waals surface area contributed by atoms with Gasteiger partial charge in [0.1, 0.15) is 0 Å². The third-order valence-corrected chi connectivity index (χ3v) is 5.58. The van der Waals surface area contributed by atoms with Crippen LogP contribution in [0.4, 0.5) is 13.2 Å². The van der Waals surface area contributed by atoms with Crippen molar-refractivity contribution in [2.75, 3.05) is 19.8 Å². The van der Waals surface area contributed by atoms with Crippen LogP contribution in [0.5, 0.6) is 0 Å². The van der Waals surface area contributed by atoms with Gasteiger partial charge in [-0.3, -0.25) is 0 Å². The van der Waals surface area contributed by atoms with Gasteiger partial charge in [-0.15, -0.1) is 0 Å². The van der Waals surface area contributed by atoms with Crippen molar-refractivity contribution in [3.05, 3.63) is 35.1 Å². The van der Waals surface area contributed by atoms with E-state index in [2.05, 4.69) is 0 Å². The summed E-state index contributed by atoms with van der Waals surface area (Å²) in [4.78, 5) is 0. The fraction of sp³-hybridized carbons (Fsp3) is 0.538. The molecule has 114 valence electrons. The first-order valence-corrected chi connectivity index (χ1v) is 8.46. The molecule has 1 aromatic rings. The molecule has 0 unspecified atom stereocenters. The molecule has 0 saturated heterocycles. The minimum absolute atomic E-state index is 0.0939. The third-order valence-electron chi connectivity index (χ3n) is 2.56. The van der Waals surface area contributed by atoms with Crippen molar-refractivity contribution < 1.29 is 26.4 Å². The van der Waals surface area contributed by atoms with Crippen molar-refractivity contribution in [3.63, 3.8) is 0 Å². The molecule has 1 aromatic carbocycles. The summed E-state index contributed by atoms with van der Waals surface area (Å²) in [7, 11) is -3.06. The second-order valence-corrected chi connectivity index (χ2v) is 6.62. The van der Waals surface area contributed by atoms with Crippen molar-refractivity contribution in [1.82, 2.24) is 0 Å². The van der Waals surface area contributed by atoms with Crippen LogP contribution in [0.1, 0.15) is 26.3 Å². The Bertz CT molecular complexity index is 403. The van der Waals surface area contributed by atoms with Crippen LogP contribution in [-0.4, -0.2) is 28.6 Å². The Hall–Kier alpha value is -0.893. The van der Waals surface area contributed by atoms with Gasteiger partial charge < -0.3 is 13.3 Å². The summed E-state index contributed by atoms with van der Waals surface area (Å²) in [5.41, 5.74) is 0.253. The average Bonchev–Trinajstić information content (AvgIpc) is 2.36. The first-order chi connectivity index (χ1) is 9.48. The lowest BCUT2D eigenvalue weighted by Gasteiger charge is -2.28. The largest absolute Gasteiger partial charge is 0.505 e. The fourth-order valence-corrected chi connectivity index (χ4v) is 4.48. The van der Waals surface area contributed by atoms with Crippen LogP contribution in [0.25, 0.3) is 0 Å². The standard InChI is InChI=1S/C13H19F3O3Si/c1-4-17-20(18-5-2,19-6-3)9-10-7-11(14)13(16)12(15)8-10/h7-8H,4-6,9H2,1-3H3. The zero-order chi connectivity index (χ0) is 15.2. The molecule has 20 heavy (non-hydrogen) atoms. The van der Waals surface area contributed by atoms with Crippen molar-refractivity contribution in [3.8, 4) is 0 Å². The minimum Gasteiger partial charge on any atom is -0.374 e. The van der Waals surface area contributed by atoms with Crippen LogP contribution in [0, 0.1) is 17.5 Å². The van der Waals surface area contributed by atoms with E-state index in [1.54, 1.807) is 20.8 Å². The van der Waals surface area contributed by atoms with Crippen LogP contribution < -0.4 is 0 Å². The number of hydrogen-bond donors (Lipinski definition) is 0. The van der Waals surface area contributed by atoms with E-state index in [0.29, 0.717) is 19.8 Å². The Morgan fingerprint density at radius 3 is 1.60 bits per heavy atom. The lowest BCUT2D eigenvalue weighted by Crippen LogP contribution is -2.48. The Kier molecular flexibility index (Phi) is 6.67. The Labute approximate surface area is 118 Å². The highest BCUT2D eigenvalue weighted by atomic mass is 28.4. The maximum atomic E-state index is 13.3. The van der Waals surface area contributed by atoms with E-state index in [-0.39, 0.29) is 11.6 Å². The number of hydrogen-bond acceptors (Lipinski definition) is 3. The van der Waals surface area contributed by atoms with Crippen molar-refractivity contribution in [2.24, 2.45) is 0 Å². The van der Waals surface area contributed by atoms with Crippen molar-refractivity contribution >= 4 is 8.80 Å². The highest BCUT2D eigenvalue weighted by Crippen LogP contribution is 2.20. The molecule has 1 rings (SSSR count). The van der Waals surface area contributed by atoms with E-state index in [1.807, 2.05) is 0 Å². The number of rotatable bonds is 8. The average molecular weight is 308 g/mol. The summed E-state index contributed by atoms with van der Waals surface area (Å²) >= 11 is 0. The second kappa shape index (κ2) is 7.77. The molecule has 0 fully saturated rings. The summed E-state index contributed by atoms with van der Waals surface area (Å²) in [6.45, 7) is 6.43. The molecule has 0 amide bonds. The number of benzene rings is 1. The molecule has 0 N–H and O–H groups in total. The smallest absolute Gasteiger partial charge is 0.374 e. The van der Waals surface area contributed by atoms with Crippen LogP contribution in [0.2, 0.25) is 0 Å². The maximum absolute atomic E-state index is 13.3. The molecular weight excluding hydrogens is 289 g/mol. The van der Waals surface area contributed by atoms with E-state index in [1.165, 1.54) is 0 Å². The van der Waals surface area contributed by atoms with Gasteiger partial charge in [-0.1, -0.05) is 0 Å². The molecule has 0 atom stereocenters. The molecule has 7 heteroatoms. The molecule has 0 aromatic heterocycles. The highest BCUT2D eigenvalue weighted by Gasteiger charge is 2.41. The first kappa shape index (κ1) is 17.2. The van der Waals surface area contributed by atoms with E-state index in [0.717, 1.165) is 12.1 Å². The maximum Gasteiger partial charge on any atom is 0.505 e. The Morgan fingerprint density at radius 1 is 0.850 bits per heavy atom. The van der Waals surface area contributed by atoms with Gasteiger partial charge in [-0.05, 0) is 38.5 Å². The molecule has 0 saturated carbocycles. The molecule has 0 heterocycles. The Balaban J connectivity index is 3.04. The van der Waals surface area contributed by atoms with Gasteiger partial charge in [-0.25, -0.2) is 13.2 Å². The van der Waals surface area contributed by atoms with Crippen LogP contribution in [-0.2, 0) is 19.3 Å². The van der Waals surface area contributed by atoms with Gasteiger partial charge in [0.15, 0.2) is 17.5 Å². The van der Waals surface area contributed by atoms with Crippen LogP contribution in [0.15, 0.2) is 12.1 Å². The van der Waals surface area contributed by atoms with Gasteiger partial charge in [0.2, 0.25) is 0 Å². The predicted octanol–water partition coefficient (Wildman–Crippen LogP) is 3.23. The Morgan fingerprint density at radius 2 is 1.25 bits per heavy atom. The van der Waals surface area contributed by atoms with Crippen LogP contribution in [0.3, 0.4) is 0 Å². The number of halogens is 3. The van der Waals surface area contributed by atoms with Crippen molar-refractivity contribution in [2.45, 2.75) is 26.8 Å². The van der Waals surface area contributed by atoms with E-state index < -0.39 is 26.3 Å². The molecule has 0 bridgehead atoms. The van der Waals surface area contributed by atoms with Crippen molar-refractivity contribution in [1.29, 1.82) is 0 Å². The van der Waals surface area contributed by atoms with E-state index in [4.69, 9.17) is 13.3 Å². The molecular formula is C13H19F3O3Si. The SMILES string of the molecule is CCO[Si](Cc1cc(F)c(F)c(F)c1)(OCC)OCC. The van der Waals surface area contributed by atoms with E-state index >= 15 is 0 Å². The molecule has 0 aliphatic rings. The zero-order valence-electron chi connectivity index (χ0n) is 11.8. The fourth-order valence-electron chi connectivity index (χ4n) is 1.90. The zero-order valence-corrected chi connectivity index (χ0v) is 12.8. The van der Waals surface area contributed by atoms with Crippen LogP contribution >= 0.6 is 0 Å². The van der Waals surface area contributed by atoms with Gasteiger partial charge in [0, 0.05) is 25.9 Å².